The summed E-state index contributed by atoms with van der Waals surface area (Å²) in [6, 6.07) is 7.87. The van der Waals surface area contributed by atoms with Crippen LogP contribution in [0.5, 0.6) is 0 Å². The van der Waals surface area contributed by atoms with Crippen molar-refractivity contribution in [1.29, 1.82) is 0 Å². The molecule has 10 heavy (non-hydrogen) atoms. The van der Waals surface area contributed by atoms with Gasteiger partial charge in [-0.2, -0.15) is 0 Å². The molecule has 0 aromatic heterocycles. The molecule has 0 radical (unpaired) electrons. The number of hydrogen-bond acceptors (Lipinski definition) is 0. The fraction of sp³-hybridized carbons (Fsp3) is 0. The molecule has 0 bridgehead atoms. The Kier molecular flexibility index (Phi) is 1.99. The highest BCUT2D eigenvalue weighted by Crippen LogP contribution is 2.06. The molecule has 1 aromatic rings. The van der Waals surface area contributed by atoms with Crippen molar-refractivity contribution in [3.63, 3.8) is 0 Å². The maximum absolute atomic E-state index is 5.31. The molecule has 48 valence electrons. The van der Waals surface area contributed by atoms with Crippen molar-refractivity contribution in [3.8, 4) is 0 Å². The zero-order valence-corrected chi connectivity index (χ0v) is 5.75. The molecular weight excluding hydrogens is 120 g/mol. The number of rotatable bonds is 2. The molecule has 0 fully saturated rings. The van der Waals surface area contributed by atoms with Gasteiger partial charge in [-0.25, -0.2) is 0 Å². The Morgan fingerprint density at radius 1 is 1.30 bits per heavy atom. The van der Waals surface area contributed by atoms with Gasteiger partial charge in [0.1, 0.15) is 5.56 Å². The molecule has 0 spiro atoms. The van der Waals surface area contributed by atoms with Gasteiger partial charge in [0.15, 0.2) is 6.08 Å². The summed E-state index contributed by atoms with van der Waals surface area (Å²) >= 11 is 0. The van der Waals surface area contributed by atoms with Gasteiger partial charge in [0.2, 0.25) is 0 Å². The molecule has 0 aliphatic heterocycles. The van der Waals surface area contributed by atoms with Crippen molar-refractivity contribution in [2.45, 2.75) is 0 Å². The predicted octanol–water partition coefficient (Wildman–Crippen LogP) is 2.78. The molecule has 0 saturated heterocycles. The van der Waals surface area contributed by atoms with Crippen molar-refractivity contribution in [3.05, 3.63) is 48.6 Å². The molecule has 1 aromatic carbocycles. The SMILES string of the molecule is [CH+]=Cc1cccc(C=C)c1. The Labute approximate surface area is 61.5 Å². The van der Waals surface area contributed by atoms with E-state index in [1.807, 2.05) is 24.3 Å². The molecule has 0 unspecified atom stereocenters. The molecule has 0 amide bonds. The largest absolute Gasteiger partial charge is 0.159 e. The second-order valence-electron chi connectivity index (χ2n) is 2.04. The van der Waals surface area contributed by atoms with Crippen molar-refractivity contribution >= 4 is 12.2 Å². The summed E-state index contributed by atoms with van der Waals surface area (Å²) in [5.41, 5.74) is 2.12. The van der Waals surface area contributed by atoms with Crippen molar-refractivity contribution in [2.24, 2.45) is 0 Å². The van der Waals surface area contributed by atoms with Gasteiger partial charge in [0, 0.05) is 18.7 Å². The van der Waals surface area contributed by atoms with Crippen LogP contribution in [0.2, 0.25) is 0 Å². The summed E-state index contributed by atoms with van der Waals surface area (Å²) < 4.78 is 0. The first-order valence-corrected chi connectivity index (χ1v) is 3.14. The molecule has 0 heteroatoms. The highest BCUT2D eigenvalue weighted by atomic mass is 13.9. The summed E-state index contributed by atoms with van der Waals surface area (Å²) in [4.78, 5) is 0. The minimum absolute atomic E-state index is 1.03. The van der Waals surface area contributed by atoms with Crippen LogP contribution in [0, 0.1) is 6.58 Å². The van der Waals surface area contributed by atoms with Gasteiger partial charge < -0.3 is 0 Å². The molecule has 0 nitrogen and oxygen atoms in total. The van der Waals surface area contributed by atoms with E-state index in [4.69, 9.17) is 6.58 Å². The van der Waals surface area contributed by atoms with Gasteiger partial charge in [0.25, 0.3) is 0 Å². The molecule has 0 N–H and O–H groups in total. The van der Waals surface area contributed by atoms with Crippen molar-refractivity contribution < 1.29 is 0 Å². The van der Waals surface area contributed by atoms with E-state index in [2.05, 4.69) is 6.58 Å². The highest BCUT2D eigenvalue weighted by Gasteiger charge is 1.93. The Morgan fingerprint density at radius 2 is 2.00 bits per heavy atom. The fourth-order valence-electron chi connectivity index (χ4n) is 0.790. The van der Waals surface area contributed by atoms with Gasteiger partial charge in [-0.15, -0.1) is 0 Å². The van der Waals surface area contributed by atoms with Crippen molar-refractivity contribution in [1.82, 2.24) is 0 Å². The van der Waals surface area contributed by atoms with E-state index in [0.29, 0.717) is 0 Å². The molecular formula is C10H9+. The first-order chi connectivity index (χ1) is 4.86. The Hall–Kier alpha value is -1.39. The van der Waals surface area contributed by atoms with Crippen LogP contribution in [0.25, 0.3) is 12.2 Å². The fourth-order valence-corrected chi connectivity index (χ4v) is 0.790. The Morgan fingerprint density at radius 3 is 2.60 bits per heavy atom. The van der Waals surface area contributed by atoms with Crippen molar-refractivity contribution in [2.75, 3.05) is 0 Å². The average Bonchev–Trinajstić information content (AvgIpc) is 2.05. The lowest BCUT2D eigenvalue weighted by Crippen LogP contribution is -1.72. The van der Waals surface area contributed by atoms with Gasteiger partial charge in [-0.05, 0) is 11.6 Å². The Balaban J connectivity index is 3.09. The third kappa shape index (κ3) is 1.31. The molecule has 0 atom stereocenters. The lowest BCUT2D eigenvalue weighted by molar-refractivity contribution is 1.62. The van der Waals surface area contributed by atoms with E-state index < -0.39 is 0 Å². The normalized spacial score (nSPS) is 8.70. The van der Waals surface area contributed by atoms with E-state index in [0.717, 1.165) is 11.1 Å². The van der Waals surface area contributed by atoms with Gasteiger partial charge in [0.05, 0.1) is 0 Å². The monoisotopic (exact) mass is 129 g/mol. The smallest absolute Gasteiger partial charge is 0.0984 e. The summed E-state index contributed by atoms with van der Waals surface area (Å²) in [6.07, 6.45) is 3.38. The first kappa shape index (κ1) is 6.73. The number of benzene rings is 1. The van der Waals surface area contributed by atoms with Gasteiger partial charge >= 0.3 is 0 Å². The summed E-state index contributed by atoms with van der Waals surface area (Å²) in [5, 5.41) is 0. The molecule has 0 saturated carbocycles. The van der Waals surface area contributed by atoms with E-state index in [1.54, 1.807) is 12.2 Å². The summed E-state index contributed by atoms with van der Waals surface area (Å²) in [7, 11) is 0. The molecule has 0 aliphatic rings. The van der Waals surface area contributed by atoms with Crippen LogP contribution < -0.4 is 0 Å². The lowest BCUT2D eigenvalue weighted by Gasteiger charge is -1.86. The maximum atomic E-state index is 5.31. The van der Waals surface area contributed by atoms with E-state index in [-0.39, 0.29) is 0 Å². The van der Waals surface area contributed by atoms with Crippen LogP contribution in [0.1, 0.15) is 11.1 Å². The van der Waals surface area contributed by atoms with Crippen LogP contribution in [0.15, 0.2) is 30.8 Å². The third-order valence-corrected chi connectivity index (χ3v) is 1.34. The van der Waals surface area contributed by atoms with Crippen LogP contribution in [-0.4, -0.2) is 0 Å². The van der Waals surface area contributed by atoms with Crippen LogP contribution in [-0.2, 0) is 0 Å². The summed E-state index contributed by atoms with van der Waals surface area (Å²) in [5.74, 6) is 0. The topological polar surface area (TPSA) is 0 Å². The standard InChI is InChI=1S/C10H9/c1-3-9-6-5-7-10(4-2)8-9/h1,3-8H,2H2/q+1. The first-order valence-electron chi connectivity index (χ1n) is 3.14. The van der Waals surface area contributed by atoms with E-state index in [9.17, 15) is 0 Å². The number of hydrogen-bond donors (Lipinski definition) is 0. The second-order valence-corrected chi connectivity index (χ2v) is 2.04. The lowest BCUT2D eigenvalue weighted by atomic mass is 10.1. The predicted molar refractivity (Wildman–Crippen MR) is 45.3 cm³/mol. The maximum Gasteiger partial charge on any atom is 0.159 e. The highest BCUT2D eigenvalue weighted by molar-refractivity contribution is 5.54. The average molecular weight is 129 g/mol. The second kappa shape index (κ2) is 2.95. The van der Waals surface area contributed by atoms with Gasteiger partial charge in [-0.1, -0.05) is 18.7 Å². The molecule has 0 aliphatic carbocycles. The van der Waals surface area contributed by atoms with E-state index in [1.165, 1.54) is 0 Å². The zero-order chi connectivity index (χ0) is 7.40. The minimum Gasteiger partial charge on any atom is -0.0984 e. The van der Waals surface area contributed by atoms with Crippen LogP contribution in [0.3, 0.4) is 0 Å². The third-order valence-electron chi connectivity index (χ3n) is 1.34. The molecule has 1 rings (SSSR count). The van der Waals surface area contributed by atoms with Crippen LogP contribution in [0.4, 0.5) is 0 Å². The quantitative estimate of drug-likeness (QED) is 0.538. The van der Waals surface area contributed by atoms with Crippen LogP contribution >= 0.6 is 0 Å². The minimum atomic E-state index is 1.03. The molecule has 0 heterocycles. The Bertz CT molecular complexity index is 223. The zero-order valence-electron chi connectivity index (χ0n) is 5.75. The summed E-state index contributed by atoms with van der Waals surface area (Å²) in [6.45, 7) is 8.97. The van der Waals surface area contributed by atoms with E-state index >= 15 is 0 Å². The van der Waals surface area contributed by atoms with Gasteiger partial charge in [-0.3, -0.25) is 0 Å².